The zero-order valence-electron chi connectivity index (χ0n) is 7.41. The number of hydrogen-bond donors (Lipinski definition) is 0. The molecule has 0 saturated heterocycles. The Labute approximate surface area is 80.7 Å². The summed E-state index contributed by atoms with van der Waals surface area (Å²) in [5.41, 5.74) is 0.451. The Balaban J connectivity index is 3.51. The van der Waals surface area contributed by atoms with Gasteiger partial charge in [0.25, 0.3) is 14.9 Å². The van der Waals surface area contributed by atoms with Gasteiger partial charge in [0.2, 0.25) is 0 Å². The summed E-state index contributed by atoms with van der Waals surface area (Å²) >= 11 is 0. The van der Waals surface area contributed by atoms with Gasteiger partial charge in [-0.05, 0) is 6.92 Å². The molecule has 0 aliphatic carbocycles. The Bertz CT molecular complexity index is 423. The molecular formula is C6H9ClN2O3S. The van der Waals surface area contributed by atoms with Crippen LogP contribution in [0.2, 0.25) is 0 Å². The molecule has 0 radical (unpaired) electrons. The minimum Gasteiger partial charge on any atom is -0.479 e. The van der Waals surface area contributed by atoms with Crippen LogP contribution in [0.5, 0.6) is 5.88 Å². The Hall–Kier alpha value is -0.750. The molecule has 13 heavy (non-hydrogen) atoms. The molecule has 0 bridgehead atoms. The van der Waals surface area contributed by atoms with E-state index in [4.69, 9.17) is 15.4 Å². The fraction of sp³-hybridized carbons (Fsp3) is 0.500. The monoisotopic (exact) mass is 224 g/mol. The van der Waals surface area contributed by atoms with Gasteiger partial charge in [0.1, 0.15) is 0 Å². The van der Waals surface area contributed by atoms with E-state index in [1.165, 1.54) is 11.8 Å². The van der Waals surface area contributed by atoms with Crippen molar-refractivity contribution in [3.8, 4) is 5.88 Å². The minimum absolute atomic E-state index is 0.0231. The fourth-order valence-corrected chi connectivity index (χ4v) is 2.32. The van der Waals surface area contributed by atoms with Gasteiger partial charge in [0.05, 0.1) is 12.8 Å². The van der Waals surface area contributed by atoms with Gasteiger partial charge in [-0.25, -0.2) is 8.42 Å². The van der Waals surface area contributed by atoms with Gasteiger partial charge in [-0.1, -0.05) is 0 Å². The third-order valence-electron chi connectivity index (χ3n) is 1.69. The predicted octanol–water partition coefficient (Wildman–Crippen LogP) is 0.665. The maximum absolute atomic E-state index is 11.1. The first-order valence-electron chi connectivity index (χ1n) is 3.40. The van der Waals surface area contributed by atoms with Gasteiger partial charge < -0.3 is 4.74 Å². The van der Waals surface area contributed by atoms with Gasteiger partial charge in [-0.2, -0.15) is 0 Å². The van der Waals surface area contributed by atoms with Crippen LogP contribution in [0.4, 0.5) is 0 Å². The molecule has 5 nitrogen and oxygen atoms in total. The quantitative estimate of drug-likeness (QED) is 0.693. The molecule has 1 aromatic heterocycles. The van der Waals surface area contributed by atoms with Crippen LogP contribution >= 0.6 is 10.7 Å². The van der Waals surface area contributed by atoms with E-state index >= 15 is 0 Å². The molecule has 0 amide bonds. The number of aromatic nitrogens is 2. The van der Waals surface area contributed by atoms with E-state index in [-0.39, 0.29) is 10.8 Å². The van der Waals surface area contributed by atoms with Crippen molar-refractivity contribution < 1.29 is 13.2 Å². The summed E-state index contributed by atoms with van der Waals surface area (Å²) in [5, 5.41) is 3.83. The van der Waals surface area contributed by atoms with Gasteiger partial charge in [0.15, 0.2) is 4.90 Å². The van der Waals surface area contributed by atoms with Crippen molar-refractivity contribution in [2.45, 2.75) is 11.8 Å². The average molecular weight is 225 g/mol. The van der Waals surface area contributed by atoms with Crippen molar-refractivity contribution >= 4 is 19.7 Å². The molecule has 0 spiro atoms. The number of methoxy groups -OCH3 is 1. The first-order chi connectivity index (χ1) is 5.88. The lowest BCUT2D eigenvalue weighted by Gasteiger charge is -1.96. The van der Waals surface area contributed by atoms with Crippen molar-refractivity contribution in [2.75, 3.05) is 7.11 Å². The zero-order chi connectivity index (χ0) is 10.2. The van der Waals surface area contributed by atoms with E-state index in [0.717, 1.165) is 0 Å². The number of nitrogens with zero attached hydrogens (tertiary/aromatic N) is 2. The number of hydrogen-bond acceptors (Lipinski definition) is 4. The smallest absolute Gasteiger partial charge is 0.268 e. The molecule has 0 fully saturated rings. The van der Waals surface area contributed by atoms with E-state index in [9.17, 15) is 8.42 Å². The third kappa shape index (κ3) is 1.78. The first kappa shape index (κ1) is 10.3. The zero-order valence-corrected chi connectivity index (χ0v) is 8.98. The van der Waals surface area contributed by atoms with Crippen LogP contribution in [0.15, 0.2) is 4.90 Å². The number of rotatable bonds is 2. The third-order valence-corrected chi connectivity index (χ3v) is 3.11. The van der Waals surface area contributed by atoms with Crippen molar-refractivity contribution in [3.05, 3.63) is 5.69 Å². The lowest BCUT2D eigenvalue weighted by atomic mass is 10.5. The standard InChI is InChI=1S/C6H9ClN2O3S/c1-4-5(13(7,10)11)6(12-3)8-9(4)2/h1-3H3. The average Bonchev–Trinajstić information content (AvgIpc) is 2.26. The number of ether oxygens (including phenoxy) is 1. The molecular weight excluding hydrogens is 216 g/mol. The summed E-state index contributed by atoms with van der Waals surface area (Å²) in [5.74, 6) is 0.0231. The molecule has 0 atom stereocenters. The second-order valence-electron chi connectivity index (χ2n) is 2.49. The van der Waals surface area contributed by atoms with Crippen LogP contribution in [-0.2, 0) is 16.1 Å². The largest absolute Gasteiger partial charge is 0.479 e. The highest BCUT2D eigenvalue weighted by molar-refractivity contribution is 8.13. The van der Waals surface area contributed by atoms with Crippen LogP contribution < -0.4 is 4.74 Å². The van der Waals surface area contributed by atoms with Crippen LogP contribution in [0.3, 0.4) is 0 Å². The molecule has 0 aliphatic rings. The number of halogens is 1. The lowest BCUT2D eigenvalue weighted by molar-refractivity contribution is 0.382. The molecule has 1 rings (SSSR count). The second-order valence-corrected chi connectivity index (χ2v) is 4.99. The Morgan fingerprint density at radius 2 is 2.08 bits per heavy atom. The highest BCUT2D eigenvalue weighted by Gasteiger charge is 2.24. The van der Waals surface area contributed by atoms with Gasteiger partial charge >= 0.3 is 0 Å². The molecule has 1 heterocycles. The maximum atomic E-state index is 11.1. The minimum atomic E-state index is -3.79. The van der Waals surface area contributed by atoms with Crippen LogP contribution in [0.1, 0.15) is 5.69 Å². The Morgan fingerprint density at radius 1 is 1.54 bits per heavy atom. The van der Waals surface area contributed by atoms with Crippen molar-refractivity contribution in [1.29, 1.82) is 0 Å². The topological polar surface area (TPSA) is 61.2 Å². The Kier molecular flexibility index (Phi) is 2.53. The van der Waals surface area contributed by atoms with Crippen molar-refractivity contribution in [1.82, 2.24) is 9.78 Å². The maximum Gasteiger partial charge on any atom is 0.268 e. The van der Waals surface area contributed by atoms with Crippen LogP contribution in [0, 0.1) is 6.92 Å². The summed E-state index contributed by atoms with van der Waals surface area (Å²) in [4.78, 5) is -0.0702. The van der Waals surface area contributed by atoms with Gasteiger partial charge in [0, 0.05) is 17.7 Å². The second kappa shape index (κ2) is 3.19. The van der Waals surface area contributed by atoms with E-state index < -0.39 is 9.05 Å². The van der Waals surface area contributed by atoms with Crippen molar-refractivity contribution in [3.63, 3.8) is 0 Å². The van der Waals surface area contributed by atoms with Crippen molar-refractivity contribution in [2.24, 2.45) is 7.05 Å². The first-order valence-corrected chi connectivity index (χ1v) is 5.71. The molecule has 1 aromatic rings. The molecule has 0 unspecified atom stereocenters. The van der Waals surface area contributed by atoms with E-state index in [1.54, 1.807) is 14.0 Å². The molecule has 0 saturated carbocycles. The molecule has 74 valence electrons. The lowest BCUT2D eigenvalue weighted by Crippen LogP contribution is -1.96. The molecule has 0 N–H and O–H groups in total. The predicted molar refractivity (Wildman–Crippen MR) is 47.5 cm³/mol. The molecule has 0 aliphatic heterocycles. The van der Waals surface area contributed by atoms with Gasteiger partial charge in [-0.15, -0.1) is 5.10 Å². The fourth-order valence-electron chi connectivity index (χ4n) is 0.973. The van der Waals surface area contributed by atoms with E-state index in [2.05, 4.69) is 5.10 Å². The van der Waals surface area contributed by atoms with E-state index in [1.807, 2.05) is 0 Å². The van der Waals surface area contributed by atoms with Crippen LogP contribution in [-0.4, -0.2) is 25.3 Å². The summed E-state index contributed by atoms with van der Waals surface area (Å²) in [7, 11) is 4.36. The molecule has 7 heteroatoms. The summed E-state index contributed by atoms with van der Waals surface area (Å²) in [6, 6.07) is 0. The summed E-state index contributed by atoms with van der Waals surface area (Å²) < 4.78 is 28.3. The molecule has 0 aromatic carbocycles. The van der Waals surface area contributed by atoms with E-state index in [0.29, 0.717) is 5.69 Å². The SMILES string of the molecule is COc1nn(C)c(C)c1S(=O)(=O)Cl. The summed E-state index contributed by atoms with van der Waals surface area (Å²) in [6.07, 6.45) is 0. The van der Waals surface area contributed by atoms with Crippen LogP contribution in [0.25, 0.3) is 0 Å². The highest BCUT2D eigenvalue weighted by Crippen LogP contribution is 2.28. The normalized spacial score (nSPS) is 11.7. The number of aryl methyl sites for hydroxylation is 1. The summed E-state index contributed by atoms with van der Waals surface area (Å²) in [6.45, 7) is 1.60. The van der Waals surface area contributed by atoms with Gasteiger partial charge in [-0.3, -0.25) is 4.68 Å². The Morgan fingerprint density at radius 3 is 2.38 bits per heavy atom. The highest BCUT2D eigenvalue weighted by atomic mass is 35.7.